The largest absolute Gasteiger partial charge is 0.316 e. The first-order valence-corrected chi connectivity index (χ1v) is 5.70. The molecule has 0 spiro atoms. The molecule has 0 atom stereocenters. The zero-order chi connectivity index (χ0) is 11.5. The normalized spacial score (nSPS) is 10.1. The Labute approximate surface area is 101 Å². The van der Waals surface area contributed by atoms with Gasteiger partial charge in [0, 0.05) is 13.1 Å². The summed E-state index contributed by atoms with van der Waals surface area (Å²) in [6.45, 7) is 1.51. The Morgan fingerprint density at radius 2 is 2.19 bits per heavy atom. The molecule has 2 heterocycles. The fourth-order valence-electron chi connectivity index (χ4n) is 1.05. The van der Waals surface area contributed by atoms with Crippen LogP contribution in [-0.4, -0.2) is 15.8 Å². The zero-order valence-electron chi connectivity index (χ0n) is 8.40. The number of anilines is 2. The summed E-state index contributed by atoms with van der Waals surface area (Å²) in [5, 5.41) is 4.21. The predicted molar refractivity (Wildman–Crippen MR) is 64.6 cm³/mol. The van der Waals surface area contributed by atoms with Crippen molar-refractivity contribution in [1.29, 1.82) is 0 Å². The molecule has 0 aliphatic heterocycles. The van der Waals surface area contributed by atoms with E-state index in [1.165, 1.54) is 18.3 Å². The lowest BCUT2D eigenvalue weighted by atomic mass is 10.4. The first-order chi connectivity index (χ1) is 7.65. The molecule has 4 nitrogen and oxygen atoms in total. The third kappa shape index (κ3) is 2.56. The SMILES string of the molecule is CC(=O)c1cnc(Nc2ccc(Cl)cn2)s1. The molecule has 0 bridgehead atoms. The van der Waals surface area contributed by atoms with E-state index < -0.39 is 0 Å². The number of carbonyl (C=O) groups is 1. The molecule has 0 unspecified atom stereocenters. The number of nitrogens with zero attached hydrogens (tertiary/aromatic N) is 2. The van der Waals surface area contributed by atoms with Crippen LogP contribution in [0.2, 0.25) is 5.02 Å². The van der Waals surface area contributed by atoms with E-state index in [0.717, 1.165) is 0 Å². The van der Waals surface area contributed by atoms with Crippen LogP contribution in [0.1, 0.15) is 16.6 Å². The molecule has 0 aliphatic rings. The van der Waals surface area contributed by atoms with Crippen LogP contribution in [-0.2, 0) is 0 Å². The van der Waals surface area contributed by atoms with E-state index in [1.54, 1.807) is 24.5 Å². The second-order valence-corrected chi connectivity index (χ2v) is 4.54. The molecule has 0 radical (unpaired) electrons. The summed E-state index contributed by atoms with van der Waals surface area (Å²) in [5.41, 5.74) is 0. The van der Waals surface area contributed by atoms with Gasteiger partial charge in [-0.2, -0.15) is 0 Å². The van der Waals surface area contributed by atoms with Crippen molar-refractivity contribution in [2.24, 2.45) is 0 Å². The van der Waals surface area contributed by atoms with Crippen molar-refractivity contribution in [3.63, 3.8) is 0 Å². The number of hydrogen-bond donors (Lipinski definition) is 1. The number of aromatic nitrogens is 2. The van der Waals surface area contributed by atoms with Crippen LogP contribution in [0, 0.1) is 0 Å². The number of carbonyl (C=O) groups excluding carboxylic acids is 1. The summed E-state index contributed by atoms with van der Waals surface area (Å²) in [5.74, 6) is 0.656. The maximum Gasteiger partial charge on any atom is 0.188 e. The lowest BCUT2D eigenvalue weighted by Crippen LogP contribution is -1.91. The van der Waals surface area contributed by atoms with E-state index in [0.29, 0.717) is 20.8 Å². The van der Waals surface area contributed by atoms with Crippen LogP contribution in [0.5, 0.6) is 0 Å². The number of nitrogens with one attached hydrogen (secondary N) is 1. The highest BCUT2D eigenvalue weighted by molar-refractivity contribution is 7.17. The van der Waals surface area contributed by atoms with Gasteiger partial charge in [0.2, 0.25) is 0 Å². The molecule has 0 amide bonds. The lowest BCUT2D eigenvalue weighted by molar-refractivity contribution is 0.102. The summed E-state index contributed by atoms with van der Waals surface area (Å²) < 4.78 is 0. The smallest absolute Gasteiger partial charge is 0.188 e. The minimum Gasteiger partial charge on any atom is -0.316 e. The summed E-state index contributed by atoms with van der Waals surface area (Å²) in [4.78, 5) is 19.8. The van der Waals surface area contributed by atoms with E-state index in [1.807, 2.05) is 0 Å². The van der Waals surface area contributed by atoms with Gasteiger partial charge in [-0.3, -0.25) is 4.79 Å². The molecular formula is C10H8ClN3OS. The van der Waals surface area contributed by atoms with E-state index in [4.69, 9.17) is 11.6 Å². The van der Waals surface area contributed by atoms with E-state index in [-0.39, 0.29) is 5.78 Å². The summed E-state index contributed by atoms with van der Waals surface area (Å²) in [6, 6.07) is 3.48. The van der Waals surface area contributed by atoms with Crippen molar-refractivity contribution in [2.75, 3.05) is 5.32 Å². The Bertz CT molecular complexity index is 509. The Hall–Kier alpha value is -1.46. The highest BCUT2D eigenvalue weighted by Gasteiger charge is 2.06. The van der Waals surface area contributed by atoms with Gasteiger partial charge in [0.15, 0.2) is 10.9 Å². The lowest BCUT2D eigenvalue weighted by Gasteiger charge is -1.99. The highest BCUT2D eigenvalue weighted by Crippen LogP contribution is 2.22. The van der Waals surface area contributed by atoms with Crippen LogP contribution in [0.15, 0.2) is 24.5 Å². The number of halogens is 1. The van der Waals surface area contributed by atoms with Crippen LogP contribution < -0.4 is 5.32 Å². The van der Waals surface area contributed by atoms with Crippen molar-refractivity contribution in [3.05, 3.63) is 34.4 Å². The number of rotatable bonds is 3. The van der Waals surface area contributed by atoms with Crippen LogP contribution in [0.3, 0.4) is 0 Å². The average molecular weight is 254 g/mol. The molecule has 16 heavy (non-hydrogen) atoms. The second-order valence-electron chi connectivity index (χ2n) is 3.07. The fraction of sp³-hybridized carbons (Fsp3) is 0.100. The van der Waals surface area contributed by atoms with Gasteiger partial charge in [0.1, 0.15) is 5.82 Å². The Morgan fingerprint density at radius 1 is 1.38 bits per heavy atom. The van der Waals surface area contributed by atoms with Crippen molar-refractivity contribution < 1.29 is 4.79 Å². The monoisotopic (exact) mass is 253 g/mol. The number of hydrogen-bond acceptors (Lipinski definition) is 5. The number of pyridine rings is 1. The molecule has 0 saturated heterocycles. The van der Waals surface area contributed by atoms with Crippen molar-refractivity contribution in [2.45, 2.75) is 6.92 Å². The molecule has 0 aliphatic carbocycles. The summed E-state index contributed by atoms with van der Waals surface area (Å²) in [7, 11) is 0. The Kier molecular flexibility index (Phi) is 3.17. The van der Waals surface area contributed by atoms with Crippen LogP contribution >= 0.6 is 22.9 Å². The van der Waals surface area contributed by atoms with Gasteiger partial charge in [-0.25, -0.2) is 9.97 Å². The molecule has 2 aromatic heterocycles. The minimum absolute atomic E-state index is 0.00890. The van der Waals surface area contributed by atoms with Gasteiger partial charge in [-0.1, -0.05) is 22.9 Å². The average Bonchev–Trinajstić information content (AvgIpc) is 2.70. The summed E-state index contributed by atoms with van der Waals surface area (Å²) in [6.07, 6.45) is 3.09. The quantitative estimate of drug-likeness (QED) is 0.854. The fourth-order valence-corrected chi connectivity index (χ4v) is 1.88. The Morgan fingerprint density at radius 3 is 2.75 bits per heavy atom. The number of ketones is 1. The molecule has 2 rings (SSSR count). The van der Waals surface area contributed by atoms with Crippen LogP contribution in [0.25, 0.3) is 0 Å². The molecular weight excluding hydrogens is 246 g/mol. The third-order valence-corrected chi connectivity index (χ3v) is 3.05. The van der Waals surface area contributed by atoms with Gasteiger partial charge in [-0.05, 0) is 12.1 Å². The molecule has 2 aromatic rings. The van der Waals surface area contributed by atoms with Gasteiger partial charge in [0.05, 0.1) is 16.1 Å². The van der Waals surface area contributed by atoms with Gasteiger partial charge in [0.25, 0.3) is 0 Å². The van der Waals surface area contributed by atoms with E-state index in [9.17, 15) is 4.79 Å². The van der Waals surface area contributed by atoms with Crippen LogP contribution in [0.4, 0.5) is 10.9 Å². The maximum absolute atomic E-state index is 11.1. The van der Waals surface area contributed by atoms with Gasteiger partial charge >= 0.3 is 0 Å². The second kappa shape index (κ2) is 4.59. The van der Waals surface area contributed by atoms with Crippen molar-refractivity contribution >= 4 is 39.7 Å². The number of thiazole rings is 1. The molecule has 0 aromatic carbocycles. The number of Topliss-reactive ketones (excluding diaryl/α,β-unsaturated/α-hetero) is 1. The molecule has 0 fully saturated rings. The van der Waals surface area contributed by atoms with Crippen molar-refractivity contribution in [3.8, 4) is 0 Å². The van der Waals surface area contributed by atoms with Gasteiger partial charge in [-0.15, -0.1) is 0 Å². The minimum atomic E-state index is 0.00890. The first kappa shape index (κ1) is 11.0. The summed E-state index contributed by atoms with van der Waals surface area (Å²) >= 11 is 7.01. The molecule has 82 valence electrons. The molecule has 0 saturated carbocycles. The Balaban J connectivity index is 2.14. The van der Waals surface area contributed by atoms with Gasteiger partial charge < -0.3 is 5.32 Å². The van der Waals surface area contributed by atoms with E-state index >= 15 is 0 Å². The molecule has 1 N–H and O–H groups in total. The van der Waals surface area contributed by atoms with Crippen molar-refractivity contribution in [1.82, 2.24) is 9.97 Å². The molecule has 6 heteroatoms. The first-order valence-electron chi connectivity index (χ1n) is 4.50. The van der Waals surface area contributed by atoms with E-state index in [2.05, 4.69) is 15.3 Å². The standard InChI is InChI=1S/C10H8ClN3OS/c1-6(15)8-5-13-10(16-8)14-9-3-2-7(11)4-12-9/h2-5H,1H3,(H,12,13,14). The maximum atomic E-state index is 11.1. The third-order valence-electron chi connectivity index (χ3n) is 1.82. The highest BCUT2D eigenvalue weighted by atomic mass is 35.5. The topological polar surface area (TPSA) is 54.9 Å². The zero-order valence-corrected chi connectivity index (χ0v) is 9.97. The predicted octanol–water partition coefficient (Wildman–Crippen LogP) is 3.14.